The van der Waals surface area contributed by atoms with Gasteiger partial charge in [-0.1, -0.05) is 6.07 Å². The van der Waals surface area contributed by atoms with Gasteiger partial charge in [0.2, 0.25) is 0 Å². The van der Waals surface area contributed by atoms with Crippen molar-refractivity contribution in [2.45, 2.75) is 31.7 Å². The van der Waals surface area contributed by atoms with Crippen molar-refractivity contribution in [3.63, 3.8) is 0 Å². The summed E-state index contributed by atoms with van der Waals surface area (Å²) in [4.78, 5) is 4.77. The van der Waals surface area contributed by atoms with Crippen LogP contribution in [-0.2, 0) is 11.2 Å². The Labute approximate surface area is 175 Å². The van der Waals surface area contributed by atoms with Crippen molar-refractivity contribution >= 4 is 17.3 Å². The average Bonchev–Trinajstić information content (AvgIpc) is 2.72. The quantitative estimate of drug-likeness (QED) is 0.471. The van der Waals surface area contributed by atoms with Crippen LogP contribution < -0.4 is 14.8 Å². The smallest absolute Gasteiger partial charge is 0.169 e. The minimum atomic E-state index is 0.485. The Bertz CT molecular complexity index is 607. The molecule has 7 heteroatoms. The van der Waals surface area contributed by atoms with Crippen LogP contribution in [0.4, 0.5) is 0 Å². The maximum absolute atomic E-state index is 5.75. The molecule has 1 aliphatic rings. The number of hydrogen-bond donors (Lipinski definition) is 1. The Morgan fingerprint density at radius 3 is 2.54 bits per heavy atom. The van der Waals surface area contributed by atoms with E-state index in [9.17, 15) is 0 Å². The third-order valence-corrected chi connectivity index (χ3v) is 5.66. The van der Waals surface area contributed by atoms with Crippen LogP contribution >= 0.6 is 12.2 Å². The largest absolute Gasteiger partial charge is 0.493 e. The molecule has 28 heavy (non-hydrogen) atoms. The van der Waals surface area contributed by atoms with Gasteiger partial charge in [-0.25, -0.2) is 0 Å². The van der Waals surface area contributed by atoms with E-state index in [-0.39, 0.29) is 0 Å². The number of nitrogens with one attached hydrogen (secondary N) is 1. The van der Waals surface area contributed by atoms with E-state index in [2.05, 4.69) is 34.3 Å². The molecule has 1 aliphatic heterocycles. The summed E-state index contributed by atoms with van der Waals surface area (Å²) >= 11 is 5.75. The van der Waals surface area contributed by atoms with Gasteiger partial charge in [0.1, 0.15) is 0 Å². The monoisotopic (exact) mass is 409 g/mol. The molecule has 0 atom stereocenters. The van der Waals surface area contributed by atoms with Gasteiger partial charge in [0.25, 0.3) is 0 Å². The number of rotatable bonds is 10. The van der Waals surface area contributed by atoms with Gasteiger partial charge < -0.3 is 29.3 Å². The van der Waals surface area contributed by atoms with Crippen LogP contribution in [0.25, 0.3) is 0 Å². The Morgan fingerprint density at radius 2 is 1.89 bits per heavy atom. The Balaban J connectivity index is 2.01. The summed E-state index contributed by atoms with van der Waals surface area (Å²) in [5.41, 5.74) is 1.22. The molecule has 0 bridgehead atoms. The molecule has 1 heterocycles. The van der Waals surface area contributed by atoms with Gasteiger partial charge in [0.15, 0.2) is 16.6 Å². The standard InChI is InChI=1S/C21H35N3O3S/c1-23-12-9-18(10-13-23)24(21(28)22-11-5-15-25-2)14-8-17-6-7-19(26-3)20(16-17)27-4/h6-7,16,18H,5,8-15H2,1-4H3,(H,22,28). The van der Waals surface area contributed by atoms with Gasteiger partial charge in [-0.3, -0.25) is 0 Å². The fourth-order valence-corrected chi connectivity index (χ4v) is 3.90. The topological polar surface area (TPSA) is 46.2 Å². The lowest BCUT2D eigenvalue weighted by Gasteiger charge is -2.39. The highest BCUT2D eigenvalue weighted by Crippen LogP contribution is 2.28. The molecule has 1 N–H and O–H groups in total. The molecule has 1 aromatic rings. The number of benzene rings is 1. The van der Waals surface area contributed by atoms with E-state index in [0.717, 1.165) is 75.1 Å². The maximum Gasteiger partial charge on any atom is 0.169 e. The predicted octanol–water partition coefficient (Wildman–Crippen LogP) is 2.55. The highest BCUT2D eigenvalue weighted by atomic mass is 32.1. The highest BCUT2D eigenvalue weighted by molar-refractivity contribution is 7.80. The fraction of sp³-hybridized carbons (Fsp3) is 0.667. The predicted molar refractivity (Wildman–Crippen MR) is 118 cm³/mol. The lowest BCUT2D eigenvalue weighted by atomic mass is 10.0. The third kappa shape index (κ3) is 6.79. The average molecular weight is 410 g/mol. The number of nitrogens with zero attached hydrogens (tertiary/aromatic N) is 2. The minimum Gasteiger partial charge on any atom is -0.493 e. The van der Waals surface area contributed by atoms with E-state index >= 15 is 0 Å². The van der Waals surface area contributed by atoms with Crippen LogP contribution in [0.1, 0.15) is 24.8 Å². The zero-order valence-electron chi connectivity index (χ0n) is 17.7. The van der Waals surface area contributed by atoms with Crippen LogP contribution in [0.2, 0.25) is 0 Å². The number of piperidine rings is 1. The summed E-state index contributed by atoms with van der Waals surface area (Å²) in [6.45, 7) is 4.70. The zero-order chi connectivity index (χ0) is 20.4. The molecule has 0 aromatic heterocycles. The molecule has 1 fully saturated rings. The van der Waals surface area contributed by atoms with Gasteiger partial charge in [0, 0.05) is 32.8 Å². The summed E-state index contributed by atoms with van der Waals surface area (Å²) in [6.07, 6.45) is 4.14. The Morgan fingerprint density at radius 1 is 1.18 bits per heavy atom. The van der Waals surface area contributed by atoms with Gasteiger partial charge >= 0.3 is 0 Å². The van der Waals surface area contributed by atoms with Crippen molar-refractivity contribution in [2.24, 2.45) is 0 Å². The molecule has 0 aliphatic carbocycles. The molecule has 2 rings (SSSR count). The van der Waals surface area contributed by atoms with E-state index in [1.165, 1.54) is 5.56 Å². The van der Waals surface area contributed by atoms with E-state index in [0.29, 0.717) is 6.04 Å². The first kappa shape index (κ1) is 22.7. The van der Waals surface area contributed by atoms with Gasteiger partial charge in [-0.05, 0) is 75.7 Å². The van der Waals surface area contributed by atoms with Crippen LogP contribution in [-0.4, -0.2) is 82.1 Å². The number of methoxy groups -OCH3 is 3. The van der Waals surface area contributed by atoms with Crippen LogP contribution in [0, 0.1) is 0 Å². The Kier molecular flexibility index (Phi) is 9.81. The zero-order valence-corrected chi connectivity index (χ0v) is 18.5. The maximum atomic E-state index is 5.75. The van der Waals surface area contributed by atoms with Gasteiger partial charge in [-0.15, -0.1) is 0 Å². The minimum absolute atomic E-state index is 0.485. The lowest BCUT2D eigenvalue weighted by molar-refractivity contribution is 0.174. The van der Waals surface area contributed by atoms with E-state index < -0.39 is 0 Å². The molecule has 0 radical (unpaired) electrons. The Hall–Kier alpha value is -1.57. The van der Waals surface area contributed by atoms with Crippen molar-refractivity contribution in [1.29, 1.82) is 0 Å². The third-order valence-electron chi connectivity index (χ3n) is 5.28. The van der Waals surface area contributed by atoms with Crippen molar-refractivity contribution in [3.8, 4) is 11.5 Å². The fourth-order valence-electron chi connectivity index (χ4n) is 3.56. The molecular weight excluding hydrogens is 374 g/mol. The van der Waals surface area contributed by atoms with E-state index in [4.69, 9.17) is 26.4 Å². The van der Waals surface area contributed by atoms with Crippen molar-refractivity contribution in [3.05, 3.63) is 23.8 Å². The second-order valence-corrected chi connectivity index (χ2v) is 7.63. The number of likely N-dealkylation sites (tertiary alicyclic amines) is 1. The van der Waals surface area contributed by atoms with Crippen molar-refractivity contribution in [1.82, 2.24) is 15.1 Å². The molecule has 1 aromatic carbocycles. The first-order chi connectivity index (χ1) is 13.6. The van der Waals surface area contributed by atoms with Gasteiger partial charge in [0.05, 0.1) is 14.2 Å². The number of hydrogen-bond acceptors (Lipinski definition) is 5. The van der Waals surface area contributed by atoms with Gasteiger partial charge in [-0.2, -0.15) is 0 Å². The molecule has 158 valence electrons. The molecule has 0 amide bonds. The van der Waals surface area contributed by atoms with E-state index in [1.807, 2.05) is 6.07 Å². The van der Waals surface area contributed by atoms with Crippen molar-refractivity contribution < 1.29 is 14.2 Å². The summed E-state index contributed by atoms with van der Waals surface area (Å²) in [7, 11) is 7.25. The number of thiocarbonyl (C=S) groups is 1. The first-order valence-corrected chi connectivity index (χ1v) is 10.4. The molecule has 0 unspecified atom stereocenters. The molecule has 0 saturated carbocycles. The van der Waals surface area contributed by atoms with E-state index in [1.54, 1.807) is 21.3 Å². The van der Waals surface area contributed by atoms with Crippen LogP contribution in [0.3, 0.4) is 0 Å². The summed E-state index contributed by atoms with van der Waals surface area (Å²) in [5.74, 6) is 1.53. The molecule has 6 nitrogen and oxygen atoms in total. The SMILES string of the molecule is COCCCNC(=S)N(CCc1ccc(OC)c(OC)c1)C1CCN(C)CC1. The van der Waals surface area contributed by atoms with Crippen molar-refractivity contribution in [2.75, 3.05) is 61.2 Å². The first-order valence-electron chi connectivity index (χ1n) is 10.0. The summed E-state index contributed by atoms with van der Waals surface area (Å²) < 4.78 is 15.9. The summed E-state index contributed by atoms with van der Waals surface area (Å²) in [6, 6.07) is 6.61. The molecule has 1 saturated heterocycles. The molecular formula is C21H35N3O3S. The second kappa shape index (κ2) is 12.1. The molecule has 0 spiro atoms. The van der Waals surface area contributed by atoms with Crippen LogP contribution in [0.5, 0.6) is 11.5 Å². The highest BCUT2D eigenvalue weighted by Gasteiger charge is 2.24. The normalized spacial score (nSPS) is 15.3. The summed E-state index contributed by atoms with van der Waals surface area (Å²) in [5, 5.41) is 4.28. The van der Waals surface area contributed by atoms with Crippen LogP contribution in [0.15, 0.2) is 18.2 Å². The number of ether oxygens (including phenoxy) is 3. The lowest BCUT2D eigenvalue weighted by Crippen LogP contribution is -2.51. The second-order valence-electron chi connectivity index (χ2n) is 7.25.